The fraction of sp³-hybridized carbons (Fsp3) is 0.484. The number of nitrogens with zero attached hydrogens (tertiary/aromatic N) is 4. The lowest BCUT2D eigenvalue weighted by atomic mass is 10.0. The molecular formula is C31H40FN5O4. The minimum Gasteiger partial charge on any atom is -0.444 e. The molecule has 0 radical (unpaired) electrons. The number of pyridine rings is 2. The average Bonchev–Trinajstić information content (AvgIpc) is 2.85. The molecule has 0 bridgehead atoms. The highest BCUT2D eigenvalue weighted by Crippen LogP contribution is 2.30. The normalized spacial score (nSPS) is 17.9. The highest BCUT2D eigenvalue weighted by Gasteiger charge is 2.36. The first-order valence-electron chi connectivity index (χ1n) is 13.9. The number of hydrogen-bond acceptors (Lipinski definition) is 7. The second-order valence-electron chi connectivity index (χ2n) is 12.6. The molecule has 220 valence electrons. The number of hydrogen-bond donors (Lipinski definition) is 1. The van der Waals surface area contributed by atoms with Crippen LogP contribution in [0.3, 0.4) is 0 Å². The summed E-state index contributed by atoms with van der Waals surface area (Å²) in [6, 6.07) is 10.5. The van der Waals surface area contributed by atoms with E-state index in [0.29, 0.717) is 46.6 Å². The van der Waals surface area contributed by atoms with Gasteiger partial charge in [0.25, 0.3) is 0 Å². The van der Waals surface area contributed by atoms with Gasteiger partial charge < -0.3 is 19.7 Å². The first-order chi connectivity index (χ1) is 19.1. The van der Waals surface area contributed by atoms with Gasteiger partial charge in [-0.15, -0.1) is 0 Å². The van der Waals surface area contributed by atoms with Crippen molar-refractivity contribution in [2.45, 2.75) is 85.2 Å². The van der Waals surface area contributed by atoms with E-state index in [1.54, 1.807) is 50.1 Å². The van der Waals surface area contributed by atoms with Crippen LogP contribution in [0.2, 0.25) is 0 Å². The Hall–Kier alpha value is -3.95. The number of carbonyl (C=O) groups is 2. The van der Waals surface area contributed by atoms with E-state index < -0.39 is 23.1 Å². The molecule has 1 aliphatic heterocycles. The molecule has 1 aromatic carbocycles. The third-order valence-corrected chi connectivity index (χ3v) is 6.56. The van der Waals surface area contributed by atoms with Crippen molar-refractivity contribution in [1.29, 1.82) is 0 Å². The number of ether oxygens (including phenoxy) is 2. The van der Waals surface area contributed by atoms with Gasteiger partial charge in [-0.2, -0.15) is 0 Å². The van der Waals surface area contributed by atoms with Crippen molar-refractivity contribution in [2.75, 3.05) is 18.0 Å². The Bertz CT molecular complexity index is 1420. The van der Waals surface area contributed by atoms with Crippen LogP contribution in [0.25, 0.3) is 22.0 Å². The molecule has 2 aromatic heterocycles. The van der Waals surface area contributed by atoms with Gasteiger partial charge in [-0.05, 0) is 79.7 Å². The third kappa shape index (κ3) is 7.42. The van der Waals surface area contributed by atoms with Crippen molar-refractivity contribution in [3.8, 4) is 11.3 Å². The Balaban J connectivity index is 1.54. The Labute approximate surface area is 241 Å². The summed E-state index contributed by atoms with van der Waals surface area (Å²) in [5.74, 6) is 0.297. The zero-order valence-corrected chi connectivity index (χ0v) is 25.1. The predicted octanol–water partition coefficient (Wildman–Crippen LogP) is 6.29. The highest BCUT2D eigenvalue weighted by atomic mass is 19.1. The lowest BCUT2D eigenvalue weighted by Gasteiger charge is -2.45. The molecule has 4 rings (SSSR count). The number of aromatic nitrogens is 2. The molecule has 0 unspecified atom stereocenters. The van der Waals surface area contributed by atoms with Crippen LogP contribution in [0, 0.1) is 5.82 Å². The summed E-state index contributed by atoms with van der Waals surface area (Å²) < 4.78 is 26.8. The summed E-state index contributed by atoms with van der Waals surface area (Å²) in [6.07, 6.45) is 0.697. The van der Waals surface area contributed by atoms with E-state index in [-0.39, 0.29) is 24.7 Å². The summed E-state index contributed by atoms with van der Waals surface area (Å²) in [7, 11) is 0. The lowest BCUT2D eigenvalue weighted by Crippen LogP contribution is -2.59. The van der Waals surface area contributed by atoms with Gasteiger partial charge in [0.05, 0.1) is 30.0 Å². The molecule has 0 aliphatic carbocycles. The fourth-order valence-electron chi connectivity index (χ4n) is 4.93. The Morgan fingerprint density at radius 3 is 2.29 bits per heavy atom. The van der Waals surface area contributed by atoms with Crippen LogP contribution >= 0.6 is 0 Å². The molecule has 3 heterocycles. The van der Waals surface area contributed by atoms with Crippen LogP contribution < -0.4 is 10.2 Å². The van der Waals surface area contributed by atoms with Crippen molar-refractivity contribution >= 4 is 28.8 Å². The highest BCUT2D eigenvalue weighted by molar-refractivity contribution is 5.87. The van der Waals surface area contributed by atoms with Gasteiger partial charge in [0.15, 0.2) is 0 Å². The molecule has 9 nitrogen and oxygen atoms in total. The number of piperazine rings is 1. The Morgan fingerprint density at radius 2 is 1.66 bits per heavy atom. The van der Waals surface area contributed by atoms with Gasteiger partial charge in [0.2, 0.25) is 0 Å². The maximum Gasteiger partial charge on any atom is 0.410 e. The van der Waals surface area contributed by atoms with Crippen molar-refractivity contribution in [3.05, 3.63) is 54.1 Å². The van der Waals surface area contributed by atoms with Crippen LogP contribution in [-0.2, 0) is 16.0 Å². The van der Waals surface area contributed by atoms with E-state index >= 15 is 4.39 Å². The number of halogens is 1. The van der Waals surface area contributed by atoms with Gasteiger partial charge in [-0.3, -0.25) is 9.88 Å². The smallest absolute Gasteiger partial charge is 0.410 e. The third-order valence-electron chi connectivity index (χ3n) is 6.56. The molecule has 2 atom stereocenters. The molecule has 0 spiro atoms. The van der Waals surface area contributed by atoms with E-state index in [0.717, 1.165) is 0 Å². The van der Waals surface area contributed by atoms with Crippen molar-refractivity contribution in [3.63, 3.8) is 0 Å². The number of anilines is 1. The minimum atomic E-state index is -0.620. The second-order valence-corrected chi connectivity index (χ2v) is 12.6. The van der Waals surface area contributed by atoms with Gasteiger partial charge in [-0.25, -0.2) is 19.0 Å². The lowest BCUT2D eigenvalue weighted by molar-refractivity contribution is 0.00557. The van der Waals surface area contributed by atoms with Crippen LogP contribution in [0.15, 0.2) is 42.6 Å². The summed E-state index contributed by atoms with van der Waals surface area (Å²) >= 11 is 0. The molecule has 1 saturated heterocycles. The van der Waals surface area contributed by atoms with Crippen LogP contribution in [-0.4, -0.2) is 63.4 Å². The fourth-order valence-corrected chi connectivity index (χ4v) is 4.93. The van der Waals surface area contributed by atoms with E-state index in [9.17, 15) is 9.59 Å². The summed E-state index contributed by atoms with van der Waals surface area (Å²) in [5, 5.41) is 3.69. The molecule has 2 amide bonds. The van der Waals surface area contributed by atoms with E-state index in [2.05, 4.69) is 15.2 Å². The molecule has 41 heavy (non-hydrogen) atoms. The zero-order chi connectivity index (χ0) is 30.1. The van der Waals surface area contributed by atoms with Gasteiger partial charge in [-0.1, -0.05) is 12.1 Å². The van der Waals surface area contributed by atoms with Crippen LogP contribution in [0.4, 0.5) is 19.8 Å². The molecule has 1 fully saturated rings. The topological polar surface area (TPSA) is 96.9 Å². The van der Waals surface area contributed by atoms with Crippen molar-refractivity contribution < 1.29 is 23.5 Å². The quantitative estimate of drug-likeness (QED) is 0.397. The molecule has 0 saturated carbocycles. The molecule has 10 heteroatoms. The largest absolute Gasteiger partial charge is 0.444 e. The summed E-state index contributed by atoms with van der Waals surface area (Å²) in [6.45, 7) is 16.1. The molecular weight excluding hydrogens is 525 g/mol. The van der Waals surface area contributed by atoms with E-state index in [1.165, 1.54) is 0 Å². The van der Waals surface area contributed by atoms with Crippen molar-refractivity contribution in [1.82, 2.24) is 20.2 Å². The van der Waals surface area contributed by atoms with Crippen LogP contribution in [0.1, 0.15) is 61.1 Å². The number of alkyl carbamates (subject to hydrolysis) is 1. The summed E-state index contributed by atoms with van der Waals surface area (Å²) in [4.78, 5) is 37.9. The van der Waals surface area contributed by atoms with E-state index in [4.69, 9.17) is 14.5 Å². The monoisotopic (exact) mass is 565 g/mol. The number of carbonyl (C=O) groups excluding carboxylic acids is 2. The Morgan fingerprint density at radius 1 is 1.00 bits per heavy atom. The van der Waals surface area contributed by atoms with Gasteiger partial charge in [0.1, 0.15) is 22.8 Å². The molecule has 3 aromatic rings. The molecule has 1 aliphatic rings. The van der Waals surface area contributed by atoms with Crippen LogP contribution in [0.5, 0.6) is 0 Å². The maximum absolute atomic E-state index is 15.9. The van der Waals surface area contributed by atoms with Gasteiger partial charge in [0, 0.05) is 35.6 Å². The SMILES string of the molecule is C[C@@H]1CN(c2cccc(-c3ccc4cnc(CNC(=O)OC(C)(C)C)cc4c3F)n2)C[C@H](C)N1C(=O)OC(C)(C)C. The van der Waals surface area contributed by atoms with Crippen molar-refractivity contribution in [2.24, 2.45) is 0 Å². The summed E-state index contributed by atoms with van der Waals surface area (Å²) in [5.41, 5.74) is 0.184. The predicted molar refractivity (Wildman–Crippen MR) is 157 cm³/mol. The second kappa shape index (κ2) is 11.5. The average molecular weight is 566 g/mol. The molecule has 1 N–H and O–H groups in total. The first kappa shape index (κ1) is 30.0. The standard InChI is InChI=1S/C31H40FN5O4/c1-19-17-36(18-20(2)37(19)29(39)41-31(6,7)8)26-11-9-10-25(35-26)23-13-12-21-15-33-22(14-24(21)27(23)32)16-34-28(38)40-30(3,4)5/h9-15,19-20H,16-18H2,1-8H3,(H,34,38)/t19-,20+. The zero-order valence-electron chi connectivity index (χ0n) is 25.1. The number of fused-ring (bicyclic) bond motifs is 1. The number of nitrogens with one attached hydrogen (secondary N) is 1. The number of rotatable bonds is 4. The number of amides is 2. The van der Waals surface area contributed by atoms with E-state index in [1.807, 2.05) is 52.8 Å². The first-order valence-corrected chi connectivity index (χ1v) is 13.9. The number of benzene rings is 1. The van der Waals surface area contributed by atoms with Gasteiger partial charge >= 0.3 is 12.2 Å². The minimum absolute atomic E-state index is 0.100. The Kier molecular flexibility index (Phi) is 8.42. The maximum atomic E-state index is 15.9.